The molecule has 6 heteroatoms. The number of carbonyl (C=O) groups excluding carboxylic acids is 2. The smallest absolute Gasteiger partial charge is 0.257 e. The zero-order valence-electron chi connectivity index (χ0n) is 12.5. The van der Waals surface area contributed by atoms with E-state index >= 15 is 0 Å². The van der Waals surface area contributed by atoms with E-state index in [2.05, 4.69) is 10.6 Å². The summed E-state index contributed by atoms with van der Waals surface area (Å²) in [5.74, 6) is 0.184. The average molecular weight is 293 g/mol. The van der Waals surface area contributed by atoms with Crippen molar-refractivity contribution in [1.82, 2.24) is 5.32 Å². The second-order valence-corrected chi connectivity index (χ2v) is 4.79. The van der Waals surface area contributed by atoms with Crippen LogP contribution in [0.4, 0.5) is 5.69 Å². The summed E-state index contributed by atoms with van der Waals surface area (Å²) in [5.41, 5.74) is 6.46. The molecule has 6 nitrogen and oxygen atoms in total. The van der Waals surface area contributed by atoms with Crippen LogP contribution in [0.5, 0.6) is 5.75 Å². The summed E-state index contributed by atoms with van der Waals surface area (Å²) < 4.78 is 5.31. The van der Waals surface area contributed by atoms with Crippen LogP contribution in [0, 0.1) is 0 Å². The van der Waals surface area contributed by atoms with Crippen molar-refractivity contribution >= 4 is 17.5 Å². The topological polar surface area (TPSA) is 93.5 Å². The van der Waals surface area contributed by atoms with Crippen molar-refractivity contribution < 1.29 is 14.3 Å². The Hall–Kier alpha value is -2.08. The lowest BCUT2D eigenvalue weighted by atomic mass is 10.1. The predicted octanol–water partition coefficient (Wildman–Crippen LogP) is 1.27. The Morgan fingerprint density at radius 1 is 1.33 bits per heavy atom. The number of ether oxygens (including phenoxy) is 1. The van der Waals surface area contributed by atoms with E-state index in [9.17, 15) is 9.59 Å². The fourth-order valence-electron chi connectivity index (χ4n) is 1.81. The van der Waals surface area contributed by atoms with E-state index in [4.69, 9.17) is 10.5 Å². The van der Waals surface area contributed by atoms with E-state index in [1.807, 2.05) is 6.92 Å². The van der Waals surface area contributed by atoms with Gasteiger partial charge in [-0.3, -0.25) is 9.59 Å². The molecule has 0 aliphatic heterocycles. The molecule has 1 unspecified atom stereocenters. The minimum Gasteiger partial charge on any atom is -0.484 e. The molecule has 0 aliphatic rings. The number of hydrogen-bond acceptors (Lipinski definition) is 4. The van der Waals surface area contributed by atoms with Crippen LogP contribution in [-0.2, 0) is 9.59 Å². The van der Waals surface area contributed by atoms with Crippen LogP contribution in [0.3, 0.4) is 0 Å². The summed E-state index contributed by atoms with van der Waals surface area (Å²) in [6.07, 6.45) is 2.07. The van der Waals surface area contributed by atoms with Gasteiger partial charge in [-0.25, -0.2) is 0 Å². The molecule has 0 saturated carbocycles. The number of carbonyl (C=O) groups is 2. The first-order valence-electron chi connectivity index (χ1n) is 7.04. The van der Waals surface area contributed by atoms with E-state index < -0.39 is 0 Å². The summed E-state index contributed by atoms with van der Waals surface area (Å²) in [4.78, 5) is 22.9. The second-order valence-electron chi connectivity index (χ2n) is 4.79. The molecule has 2 amide bonds. The fourth-order valence-corrected chi connectivity index (χ4v) is 1.81. The number of likely N-dealkylation sites (N-methyl/N-ethyl adjacent to an activating group) is 1. The van der Waals surface area contributed by atoms with E-state index in [0.717, 1.165) is 12.8 Å². The number of nitrogens with one attached hydrogen (secondary N) is 2. The Morgan fingerprint density at radius 3 is 2.76 bits per heavy atom. The van der Waals surface area contributed by atoms with Gasteiger partial charge in [0, 0.05) is 31.3 Å². The van der Waals surface area contributed by atoms with E-state index in [1.165, 1.54) is 0 Å². The highest BCUT2D eigenvalue weighted by molar-refractivity contribution is 5.91. The Balaban J connectivity index is 2.52. The van der Waals surface area contributed by atoms with Gasteiger partial charge < -0.3 is 21.1 Å². The van der Waals surface area contributed by atoms with Crippen LogP contribution in [0.15, 0.2) is 24.3 Å². The summed E-state index contributed by atoms with van der Waals surface area (Å²) >= 11 is 0. The third kappa shape index (κ3) is 6.76. The van der Waals surface area contributed by atoms with Gasteiger partial charge in [0.2, 0.25) is 5.91 Å². The molecule has 1 atom stereocenters. The third-order valence-electron chi connectivity index (χ3n) is 2.87. The van der Waals surface area contributed by atoms with Gasteiger partial charge in [0.1, 0.15) is 5.75 Å². The molecule has 0 saturated heterocycles. The Labute approximate surface area is 125 Å². The normalized spacial score (nSPS) is 11.6. The van der Waals surface area contributed by atoms with Gasteiger partial charge in [-0.2, -0.15) is 0 Å². The summed E-state index contributed by atoms with van der Waals surface area (Å²) in [5, 5.41) is 5.24. The maximum Gasteiger partial charge on any atom is 0.257 e. The molecule has 0 spiro atoms. The van der Waals surface area contributed by atoms with Gasteiger partial charge in [-0.1, -0.05) is 19.4 Å². The molecule has 0 aromatic heterocycles. The maximum absolute atomic E-state index is 11.8. The second kappa shape index (κ2) is 8.97. The van der Waals surface area contributed by atoms with E-state index in [0.29, 0.717) is 11.4 Å². The zero-order valence-corrected chi connectivity index (χ0v) is 12.5. The van der Waals surface area contributed by atoms with Crippen molar-refractivity contribution in [2.24, 2.45) is 5.73 Å². The first-order valence-corrected chi connectivity index (χ1v) is 7.04. The van der Waals surface area contributed by atoms with E-state index in [-0.39, 0.29) is 30.9 Å². The lowest BCUT2D eigenvalue weighted by molar-refractivity contribution is -0.122. The van der Waals surface area contributed by atoms with Crippen LogP contribution < -0.4 is 21.1 Å². The molecule has 0 fully saturated rings. The summed E-state index contributed by atoms with van der Waals surface area (Å²) in [6.45, 7) is 1.97. The highest BCUT2D eigenvalue weighted by atomic mass is 16.5. The van der Waals surface area contributed by atoms with Crippen LogP contribution in [0.25, 0.3) is 0 Å². The summed E-state index contributed by atoms with van der Waals surface area (Å²) in [7, 11) is 1.54. The van der Waals surface area contributed by atoms with Gasteiger partial charge in [-0.05, 0) is 18.6 Å². The Kier molecular flexibility index (Phi) is 7.25. The highest BCUT2D eigenvalue weighted by Gasteiger charge is 2.09. The monoisotopic (exact) mass is 293 g/mol. The standard InChI is InChI=1S/C15H23N3O3/c1-3-5-11(16)8-14(19)18-12-6-4-7-13(9-12)21-10-15(20)17-2/h4,6-7,9,11H,3,5,8,10,16H2,1-2H3,(H,17,20)(H,18,19). The Bertz CT molecular complexity index is 477. The van der Waals surface area contributed by atoms with Crippen molar-refractivity contribution in [3.8, 4) is 5.75 Å². The number of benzene rings is 1. The van der Waals surface area contributed by atoms with Crippen LogP contribution in [-0.4, -0.2) is 31.5 Å². The average Bonchev–Trinajstić information content (AvgIpc) is 2.45. The van der Waals surface area contributed by atoms with Crippen molar-refractivity contribution in [1.29, 1.82) is 0 Å². The van der Waals surface area contributed by atoms with Crippen molar-refractivity contribution in [3.63, 3.8) is 0 Å². The molecule has 0 radical (unpaired) electrons. The van der Waals surface area contributed by atoms with Crippen LogP contribution in [0.2, 0.25) is 0 Å². The minimum atomic E-state index is -0.213. The molecule has 0 heterocycles. The fraction of sp³-hybridized carbons (Fsp3) is 0.467. The third-order valence-corrected chi connectivity index (χ3v) is 2.87. The van der Waals surface area contributed by atoms with Gasteiger partial charge in [0.15, 0.2) is 6.61 Å². The molecule has 1 aromatic rings. The number of nitrogens with two attached hydrogens (primary N) is 1. The van der Waals surface area contributed by atoms with Crippen LogP contribution >= 0.6 is 0 Å². The van der Waals surface area contributed by atoms with Gasteiger partial charge in [0.25, 0.3) is 5.91 Å². The number of hydrogen-bond donors (Lipinski definition) is 3. The SMILES string of the molecule is CCCC(N)CC(=O)Nc1cccc(OCC(=O)NC)c1. The maximum atomic E-state index is 11.8. The molecule has 0 aliphatic carbocycles. The van der Waals surface area contributed by atoms with Crippen molar-refractivity contribution in [3.05, 3.63) is 24.3 Å². The molecular formula is C15H23N3O3. The lowest BCUT2D eigenvalue weighted by Crippen LogP contribution is -2.27. The van der Waals surface area contributed by atoms with Gasteiger partial charge >= 0.3 is 0 Å². The molecule has 1 aromatic carbocycles. The van der Waals surface area contributed by atoms with Crippen molar-refractivity contribution in [2.45, 2.75) is 32.2 Å². The van der Waals surface area contributed by atoms with Crippen molar-refractivity contribution in [2.75, 3.05) is 19.0 Å². The molecule has 21 heavy (non-hydrogen) atoms. The largest absolute Gasteiger partial charge is 0.484 e. The number of rotatable bonds is 8. The minimum absolute atomic E-state index is 0.0602. The molecule has 1 rings (SSSR count). The zero-order chi connectivity index (χ0) is 15.7. The molecular weight excluding hydrogens is 270 g/mol. The highest BCUT2D eigenvalue weighted by Crippen LogP contribution is 2.17. The molecule has 4 N–H and O–H groups in total. The van der Waals surface area contributed by atoms with Gasteiger partial charge in [0.05, 0.1) is 0 Å². The van der Waals surface area contributed by atoms with Crippen LogP contribution in [0.1, 0.15) is 26.2 Å². The first kappa shape index (κ1) is 17.0. The summed E-state index contributed by atoms with van der Waals surface area (Å²) in [6, 6.07) is 6.78. The molecule has 0 bridgehead atoms. The quantitative estimate of drug-likeness (QED) is 0.673. The first-order chi connectivity index (χ1) is 10.0. The van der Waals surface area contributed by atoms with Gasteiger partial charge in [-0.15, -0.1) is 0 Å². The number of amides is 2. The number of anilines is 1. The predicted molar refractivity (Wildman–Crippen MR) is 82.1 cm³/mol. The lowest BCUT2D eigenvalue weighted by Gasteiger charge is -2.11. The molecule has 116 valence electrons. The van der Waals surface area contributed by atoms with E-state index in [1.54, 1.807) is 31.3 Å². The Morgan fingerprint density at radius 2 is 2.10 bits per heavy atom.